The molecule has 6 heteroatoms. The third-order valence-electron chi connectivity index (χ3n) is 2.92. The third-order valence-corrected chi connectivity index (χ3v) is 3.21. The van der Waals surface area contributed by atoms with Crippen LogP contribution in [0.3, 0.4) is 0 Å². The van der Waals surface area contributed by atoms with Crippen molar-refractivity contribution in [2.75, 3.05) is 0 Å². The highest BCUT2D eigenvalue weighted by molar-refractivity contribution is 7.80. The highest BCUT2D eigenvalue weighted by atomic mass is 32.1. The van der Waals surface area contributed by atoms with E-state index in [2.05, 4.69) is 15.7 Å². The van der Waals surface area contributed by atoms with Crippen LogP contribution in [0.4, 0.5) is 4.39 Å². The molecular formula is C14H17FN4S. The molecule has 0 aliphatic heterocycles. The van der Waals surface area contributed by atoms with E-state index < -0.39 is 0 Å². The summed E-state index contributed by atoms with van der Waals surface area (Å²) in [4.78, 5) is 0. The molecule has 4 nitrogen and oxygen atoms in total. The van der Waals surface area contributed by atoms with E-state index in [0.29, 0.717) is 18.2 Å². The van der Waals surface area contributed by atoms with Crippen molar-refractivity contribution in [3.05, 3.63) is 53.1 Å². The van der Waals surface area contributed by atoms with Crippen molar-refractivity contribution in [1.29, 1.82) is 0 Å². The molecule has 2 N–H and O–H groups in total. The summed E-state index contributed by atoms with van der Waals surface area (Å²) in [5, 5.41) is 11.0. The molecule has 0 radical (unpaired) electrons. The molecule has 0 aliphatic rings. The van der Waals surface area contributed by atoms with E-state index in [1.165, 1.54) is 12.1 Å². The van der Waals surface area contributed by atoms with Gasteiger partial charge in [-0.2, -0.15) is 5.10 Å². The predicted molar refractivity (Wildman–Crippen MR) is 80.6 cm³/mol. The van der Waals surface area contributed by atoms with Gasteiger partial charge in [0.1, 0.15) is 5.82 Å². The minimum Gasteiger partial charge on any atom is -0.359 e. The van der Waals surface area contributed by atoms with E-state index in [1.807, 2.05) is 20.2 Å². The van der Waals surface area contributed by atoms with Gasteiger partial charge in [0.25, 0.3) is 0 Å². The second kappa shape index (κ2) is 6.47. The zero-order chi connectivity index (χ0) is 14.5. The molecule has 1 aromatic carbocycles. The van der Waals surface area contributed by atoms with Crippen LogP contribution in [0.25, 0.3) is 0 Å². The molecule has 0 fully saturated rings. The van der Waals surface area contributed by atoms with Gasteiger partial charge < -0.3 is 10.6 Å². The Labute approximate surface area is 123 Å². The van der Waals surface area contributed by atoms with Crippen LogP contribution in [0.1, 0.15) is 16.8 Å². The molecule has 0 saturated heterocycles. The summed E-state index contributed by atoms with van der Waals surface area (Å²) in [7, 11) is 1.89. The lowest BCUT2D eigenvalue weighted by Crippen LogP contribution is -2.34. The number of halogens is 1. The molecule has 1 heterocycles. The quantitative estimate of drug-likeness (QED) is 0.846. The first-order valence-electron chi connectivity index (χ1n) is 6.30. The maximum Gasteiger partial charge on any atom is 0.166 e. The summed E-state index contributed by atoms with van der Waals surface area (Å²) in [6.07, 6.45) is 1.96. The lowest BCUT2D eigenvalue weighted by Gasteiger charge is -2.10. The number of nitrogens with zero attached hydrogens (tertiary/aromatic N) is 2. The fraction of sp³-hybridized carbons (Fsp3) is 0.286. The van der Waals surface area contributed by atoms with Gasteiger partial charge in [-0.25, -0.2) is 4.39 Å². The smallest absolute Gasteiger partial charge is 0.166 e. The van der Waals surface area contributed by atoms with Crippen LogP contribution in [-0.2, 0) is 20.1 Å². The fourth-order valence-corrected chi connectivity index (χ4v) is 1.99. The molecule has 0 bridgehead atoms. The summed E-state index contributed by atoms with van der Waals surface area (Å²) >= 11 is 5.20. The number of thiocarbonyl (C=S) groups is 1. The van der Waals surface area contributed by atoms with Crippen molar-refractivity contribution in [3.63, 3.8) is 0 Å². The number of hydrogen-bond donors (Lipinski definition) is 2. The van der Waals surface area contributed by atoms with Gasteiger partial charge in [-0.15, -0.1) is 0 Å². The molecule has 1 aromatic heterocycles. The summed E-state index contributed by atoms with van der Waals surface area (Å²) in [5.41, 5.74) is 3.08. The van der Waals surface area contributed by atoms with Crippen LogP contribution >= 0.6 is 12.2 Å². The van der Waals surface area contributed by atoms with Crippen molar-refractivity contribution in [1.82, 2.24) is 20.4 Å². The average Bonchev–Trinajstić information content (AvgIpc) is 2.74. The van der Waals surface area contributed by atoms with Gasteiger partial charge in [0.15, 0.2) is 5.11 Å². The Balaban J connectivity index is 1.78. The number of aryl methyl sites for hydroxylation is 2. The van der Waals surface area contributed by atoms with Crippen molar-refractivity contribution in [3.8, 4) is 0 Å². The van der Waals surface area contributed by atoms with E-state index in [-0.39, 0.29) is 5.82 Å². The Morgan fingerprint density at radius 2 is 1.90 bits per heavy atom. The Morgan fingerprint density at radius 1 is 1.25 bits per heavy atom. The molecular weight excluding hydrogens is 275 g/mol. The van der Waals surface area contributed by atoms with Gasteiger partial charge in [0.2, 0.25) is 0 Å². The Morgan fingerprint density at radius 3 is 2.50 bits per heavy atom. The van der Waals surface area contributed by atoms with Gasteiger partial charge in [-0.3, -0.25) is 4.68 Å². The maximum atomic E-state index is 12.8. The van der Waals surface area contributed by atoms with Crippen LogP contribution in [0, 0.1) is 12.7 Å². The molecule has 0 amide bonds. The number of hydrogen-bond acceptors (Lipinski definition) is 2. The highest BCUT2D eigenvalue weighted by Crippen LogP contribution is 2.04. The number of benzene rings is 1. The van der Waals surface area contributed by atoms with Gasteiger partial charge in [-0.1, -0.05) is 12.1 Å². The molecule has 106 valence electrons. The summed E-state index contributed by atoms with van der Waals surface area (Å²) in [6, 6.07) is 6.34. The van der Waals surface area contributed by atoms with E-state index in [1.54, 1.807) is 16.8 Å². The number of rotatable bonds is 4. The second-order valence-electron chi connectivity index (χ2n) is 4.58. The molecule has 0 saturated carbocycles. The minimum atomic E-state index is -0.235. The van der Waals surface area contributed by atoms with Crippen LogP contribution in [0.15, 0.2) is 30.5 Å². The number of aromatic nitrogens is 2. The fourth-order valence-electron chi connectivity index (χ4n) is 1.84. The van der Waals surface area contributed by atoms with Gasteiger partial charge in [-0.05, 0) is 36.8 Å². The van der Waals surface area contributed by atoms with Gasteiger partial charge >= 0.3 is 0 Å². The molecule has 0 aliphatic carbocycles. The zero-order valence-corrected chi connectivity index (χ0v) is 12.3. The van der Waals surface area contributed by atoms with Crippen LogP contribution in [-0.4, -0.2) is 14.9 Å². The number of nitrogens with one attached hydrogen (secondary N) is 2. The van der Waals surface area contributed by atoms with Crippen LogP contribution < -0.4 is 10.6 Å². The third kappa shape index (κ3) is 4.03. The summed E-state index contributed by atoms with van der Waals surface area (Å²) in [6.45, 7) is 3.17. The zero-order valence-electron chi connectivity index (χ0n) is 11.5. The normalized spacial score (nSPS) is 10.3. The molecule has 0 atom stereocenters. The van der Waals surface area contributed by atoms with Crippen molar-refractivity contribution in [2.24, 2.45) is 7.05 Å². The minimum absolute atomic E-state index is 0.235. The first-order valence-corrected chi connectivity index (χ1v) is 6.70. The standard InChI is InChI=1S/C14H17FN4S/c1-10-12(9-19(2)18-10)8-17-14(20)16-7-11-3-5-13(15)6-4-11/h3-6,9H,7-8H2,1-2H3,(H2,16,17,20). The molecule has 2 rings (SSSR count). The highest BCUT2D eigenvalue weighted by Gasteiger charge is 2.03. The van der Waals surface area contributed by atoms with Crippen molar-refractivity contribution in [2.45, 2.75) is 20.0 Å². The first-order chi connectivity index (χ1) is 9.54. The topological polar surface area (TPSA) is 41.9 Å². The predicted octanol–water partition coefficient (Wildman–Crippen LogP) is 2.03. The van der Waals surface area contributed by atoms with E-state index in [4.69, 9.17) is 12.2 Å². The van der Waals surface area contributed by atoms with Gasteiger partial charge in [0.05, 0.1) is 5.69 Å². The largest absolute Gasteiger partial charge is 0.359 e. The maximum absolute atomic E-state index is 12.8. The monoisotopic (exact) mass is 292 g/mol. The average molecular weight is 292 g/mol. The SMILES string of the molecule is Cc1nn(C)cc1CNC(=S)NCc1ccc(F)cc1. The Bertz CT molecular complexity index is 592. The Kier molecular flexibility index (Phi) is 4.68. The molecule has 20 heavy (non-hydrogen) atoms. The Hall–Kier alpha value is -1.95. The van der Waals surface area contributed by atoms with Crippen molar-refractivity contribution < 1.29 is 4.39 Å². The molecule has 0 unspecified atom stereocenters. The van der Waals surface area contributed by atoms with Crippen molar-refractivity contribution >= 4 is 17.3 Å². The van der Waals surface area contributed by atoms with Gasteiger partial charge in [0, 0.05) is 31.9 Å². The summed E-state index contributed by atoms with van der Waals surface area (Å²) < 4.78 is 14.5. The van der Waals surface area contributed by atoms with E-state index in [0.717, 1.165) is 16.8 Å². The van der Waals surface area contributed by atoms with Crippen LogP contribution in [0.2, 0.25) is 0 Å². The second-order valence-corrected chi connectivity index (χ2v) is 4.98. The lowest BCUT2D eigenvalue weighted by molar-refractivity contribution is 0.626. The molecule has 2 aromatic rings. The first kappa shape index (κ1) is 14.5. The van der Waals surface area contributed by atoms with Crippen LogP contribution in [0.5, 0.6) is 0 Å². The molecule has 0 spiro atoms. The summed E-state index contributed by atoms with van der Waals surface area (Å²) in [5.74, 6) is -0.235. The van der Waals surface area contributed by atoms with E-state index in [9.17, 15) is 4.39 Å². The lowest BCUT2D eigenvalue weighted by atomic mass is 10.2. The van der Waals surface area contributed by atoms with E-state index >= 15 is 0 Å².